The molecule has 3 aromatic rings. The van der Waals surface area contributed by atoms with Crippen LogP contribution >= 0.6 is 31.9 Å². The van der Waals surface area contributed by atoms with Gasteiger partial charge in [-0.25, -0.2) is 9.79 Å². The van der Waals surface area contributed by atoms with Gasteiger partial charge in [0.25, 0.3) is 0 Å². The first-order valence-electron chi connectivity index (χ1n) is 9.36. The van der Waals surface area contributed by atoms with E-state index in [2.05, 4.69) is 36.9 Å². The number of carbonyl (C=O) groups is 1. The number of aliphatic imine (C=N–C) groups is 1. The summed E-state index contributed by atoms with van der Waals surface area (Å²) < 4.78 is 18.5. The van der Waals surface area contributed by atoms with Crippen molar-refractivity contribution in [2.24, 2.45) is 4.99 Å². The van der Waals surface area contributed by atoms with Crippen LogP contribution in [0.4, 0.5) is 0 Å². The standard InChI is InChI=1S/C24H17Br2NO4/c1-29-22-13-15(9-10-21(22)30-14-16-5-4-6-17(25)11-16)12-20-24(28)31-23(27-20)18-7-2-3-8-19(18)26/h2-13H,14H2,1H3/b20-12-. The number of methoxy groups -OCH3 is 1. The third-order valence-electron chi connectivity index (χ3n) is 4.50. The van der Waals surface area contributed by atoms with Gasteiger partial charge >= 0.3 is 5.97 Å². The van der Waals surface area contributed by atoms with Gasteiger partial charge in [-0.2, -0.15) is 0 Å². The van der Waals surface area contributed by atoms with Crippen LogP contribution in [0, 0.1) is 0 Å². The van der Waals surface area contributed by atoms with Crippen LogP contribution in [0.1, 0.15) is 16.7 Å². The molecule has 31 heavy (non-hydrogen) atoms. The lowest BCUT2D eigenvalue weighted by atomic mass is 10.1. The van der Waals surface area contributed by atoms with E-state index in [1.165, 1.54) is 0 Å². The lowest BCUT2D eigenvalue weighted by Gasteiger charge is -2.11. The highest BCUT2D eigenvalue weighted by Crippen LogP contribution is 2.31. The zero-order valence-electron chi connectivity index (χ0n) is 16.5. The molecule has 1 aliphatic rings. The lowest BCUT2D eigenvalue weighted by molar-refractivity contribution is -0.129. The number of rotatable bonds is 6. The van der Waals surface area contributed by atoms with Gasteiger partial charge < -0.3 is 14.2 Å². The maximum atomic E-state index is 12.3. The van der Waals surface area contributed by atoms with Crippen molar-refractivity contribution < 1.29 is 19.0 Å². The smallest absolute Gasteiger partial charge is 0.363 e. The fourth-order valence-corrected chi connectivity index (χ4v) is 3.90. The van der Waals surface area contributed by atoms with E-state index in [1.54, 1.807) is 19.3 Å². The zero-order valence-corrected chi connectivity index (χ0v) is 19.6. The molecule has 4 rings (SSSR count). The molecule has 1 aliphatic heterocycles. The Hall–Kier alpha value is -2.90. The second kappa shape index (κ2) is 9.49. The molecule has 0 unspecified atom stereocenters. The van der Waals surface area contributed by atoms with Gasteiger partial charge in [-0.05, 0) is 69.5 Å². The zero-order chi connectivity index (χ0) is 21.8. The first-order valence-corrected chi connectivity index (χ1v) is 10.9. The van der Waals surface area contributed by atoms with E-state index in [-0.39, 0.29) is 11.6 Å². The quantitative estimate of drug-likeness (QED) is 0.277. The molecule has 0 atom stereocenters. The van der Waals surface area contributed by atoms with Gasteiger partial charge in [0.1, 0.15) is 6.61 Å². The summed E-state index contributed by atoms with van der Waals surface area (Å²) in [6.07, 6.45) is 1.66. The summed E-state index contributed by atoms with van der Waals surface area (Å²) >= 11 is 6.91. The lowest BCUT2D eigenvalue weighted by Crippen LogP contribution is -2.05. The molecule has 0 saturated heterocycles. The number of nitrogens with zero attached hydrogens (tertiary/aromatic N) is 1. The molecule has 0 fully saturated rings. The highest BCUT2D eigenvalue weighted by atomic mass is 79.9. The van der Waals surface area contributed by atoms with Crippen molar-refractivity contribution in [3.05, 3.63) is 98.1 Å². The van der Waals surface area contributed by atoms with Gasteiger partial charge in [-0.1, -0.05) is 46.3 Å². The maximum Gasteiger partial charge on any atom is 0.363 e. The van der Waals surface area contributed by atoms with Crippen molar-refractivity contribution in [3.8, 4) is 11.5 Å². The summed E-state index contributed by atoms with van der Waals surface area (Å²) in [5.41, 5.74) is 2.71. The van der Waals surface area contributed by atoms with E-state index in [0.29, 0.717) is 23.7 Å². The molecule has 3 aromatic carbocycles. The number of halogens is 2. The Morgan fingerprint density at radius 2 is 1.84 bits per heavy atom. The molecular weight excluding hydrogens is 526 g/mol. The SMILES string of the molecule is COc1cc(/C=C2\N=C(c3ccccc3Br)OC2=O)ccc1OCc1cccc(Br)c1. The van der Waals surface area contributed by atoms with Gasteiger partial charge in [-0.15, -0.1) is 0 Å². The first kappa shape index (κ1) is 21.3. The fourth-order valence-electron chi connectivity index (χ4n) is 3.00. The van der Waals surface area contributed by atoms with Crippen LogP contribution in [0.3, 0.4) is 0 Å². The molecule has 5 nitrogen and oxygen atoms in total. The summed E-state index contributed by atoms with van der Waals surface area (Å²) in [5, 5.41) is 0. The van der Waals surface area contributed by atoms with Crippen LogP contribution in [-0.4, -0.2) is 19.0 Å². The van der Waals surface area contributed by atoms with E-state index in [4.69, 9.17) is 14.2 Å². The van der Waals surface area contributed by atoms with Gasteiger partial charge in [0, 0.05) is 8.95 Å². The summed E-state index contributed by atoms with van der Waals surface area (Å²) in [6, 6.07) is 20.8. The Kier molecular flexibility index (Phi) is 6.53. The summed E-state index contributed by atoms with van der Waals surface area (Å²) in [6.45, 7) is 0.405. The highest BCUT2D eigenvalue weighted by Gasteiger charge is 2.25. The van der Waals surface area contributed by atoms with Gasteiger partial charge in [0.15, 0.2) is 17.2 Å². The minimum absolute atomic E-state index is 0.218. The largest absolute Gasteiger partial charge is 0.493 e. The number of hydrogen-bond donors (Lipinski definition) is 0. The number of hydrogen-bond acceptors (Lipinski definition) is 5. The number of cyclic esters (lactones) is 1. The maximum absolute atomic E-state index is 12.3. The molecule has 0 amide bonds. The molecular formula is C24H17Br2NO4. The molecule has 0 radical (unpaired) electrons. The molecule has 0 aromatic heterocycles. The number of esters is 1. The van der Waals surface area contributed by atoms with Crippen molar-refractivity contribution in [2.45, 2.75) is 6.61 Å². The average Bonchev–Trinajstić information content (AvgIpc) is 3.13. The van der Waals surface area contributed by atoms with E-state index < -0.39 is 5.97 Å². The minimum Gasteiger partial charge on any atom is -0.493 e. The second-order valence-corrected chi connectivity index (χ2v) is 8.41. The van der Waals surface area contributed by atoms with Crippen molar-refractivity contribution in [3.63, 3.8) is 0 Å². The number of carbonyl (C=O) groups excluding carboxylic acids is 1. The predicted octanol–water partition coefficient (Wildman–Crippen LogP) is 6.14. The molecule has 1 heterocycles. The Bertz CT molecular complexity index is 1200. The summed E-state index contributed by atoms with van der Waals surface area (Å²) in [4.78, 5) is 16.7. The van der Waals surface area contributed by atoms with Crippen LogP contribution < -0.4 is 9.47 Å². The Balaban J connectivity index is 1.55. The summed E-state index contributed by atoms with van der Waals surface area (Å²) in [7, 11) is 1.57. The van der Waals surface area contributed by atoms with Gasteiger partial charge in [-0.3, -0.25) is 0 Å². The molecule has 7 heteroatoms. The van der Waals surface area contributed by atoms with E-state index >= 15 is 0 Å². The Morgan fingerprint density at radius 1 is 1.00 bits per heavy atom. The molecule has 156 valence electrons. The molecule has 0 bridgehead atoms. The third-order valence-corrected chi connectivity index (χ3v) is 5.68. The molecule has 0 spiro atoms. The van der Waals surface area contributed by atoms with Crippen LogP contribution in [0.25, 0.3) is 6.08 Å². The van der Waals surface area contributed by atoms with Crippen LogP contribution in [0.5, 0.6) is 11.5 Å². The highest BCUT2D eigenvalue weighted by molar-refractivity contribution is 9.10. The van der Waals surface area contributed by atoms with E-state index in [0.717, 1.165) is 20.1 Å². The van der Waals surface area contributed by atoms with Crippen molar-refractivity contribution in [1.82, 2.24) is 0 Å². The van der Waals surface area contributed by atoms with Crippen LogP contribution in [-0.2, 0) is 16.1 Å². The van der Waals surface area contributed by atoms with Crippen molar-refractivity contribution in [2.75, 3.05) is 7.11 Å². The normalized spacial score (nSPS) is 14.4. The van der Waals surface area contributed by atoms with Crippen LogP contribution in [0.15, 0.2) is 86.4 Å². The second-order valence-electron chi connectivity index (χ2n) is 6.64. The van der Waals surface area contributed by atoms with Crippen molar-refractivity contribution in [1.29, 1.82) is 0 Å². The molecule has 0 saturated carbocycles. The van der Waals surface area contributed by atoms with Crippen molar-refractivity contribution >= 4 is 49.8 Å². The fraction of sp³-hybridized carbons (Fsp3) is 0.0833. The molecule has 0 aliphatic carbocycles. The minimum atomic E-state index is -0.500. The third kappa shape index (κ3) is 5.06. The monoisotopic (exact) mass is 541 g/mol. The van der Waals surface area contributed by atoms with Crippen LogP contribution in [0.2, 0.25) is 0 Å². The van der Waals surface area contributed by atoms with E-state index in [9.17, 15) is 4.79 Å². The van der Waals surface area contributed by atoms with Gasteiger partial charge in [0.2, 0.25) is 5.90 Å². The van der Waals surface area contributed by atoms with Gasteiger partial charge in [0.05, 0.1) is 12.7 Å². The van der Waals surface area contributed by atoms with E-state index in [1.807, 2.05) is 60.7 Å². The predicted molar refractivity (Wildman–Crippen MR) is 126 cm³/mol. The number of benzene rings is 3. The molecule has 0 N–H and O–H groups in total. The Labute approximate surface area is 196 Å². The topological polar surface area (TPSA) is 57.1 Å². The number of ether oxygens (including phenoxy) is 3. The first-order chi connectivity index (χ1) is 15.0. The summed E-state index contributed by atoms with van der Waals surface area (Å²) in [5.74, 6) is 0.936. The Morgan fingerprint density at radius 3 is 2.61 bits per heavy atom. The average molecular weight is 543 g/mol.